The van der Waals surface area contributed by atoms with Gasteiger partial charge in [-0.25, -0.2) is 13.2 Å². The summed E-state index contributed by atoms with van der Waals surface area (Å²) in [5.74, 6) is -0.604. The van der Waals surface area contributed by atoms with E-state index in [-0.39, 0.29) is 28.1 Å². The van der Waals surface area contributed by atoms with Gasteiger partial charge in [0.1, 0.15) is 5.75 Å². The standard InChI is InChI=1S/C31H26N2O6S/c1-38-27-18-26(34)29(31(35)39-27)28(20-10-11-20)22-6-2-8-23(17-22)33-40(36,37)24-14-12-19(13-15-24)25-9-3-5-21-7-4-16-32-30(21)25/h2-9,12-18,20,28,33-34H,10-11H2,1H3. The zero-order chi connectivity index (χ0) is 27.9. The van der Waals surface area contributed by atoms with Crippen molar-refractivity contribution in [1.82, 2.24) is 4.98 Å². The van der Waals surface area contributed by atoms with Gasteiger partial charge in [0.25, 0.3) is 16.0 Å². The first-order valence-electron chi connectivity index (χ1n) is 12.8. The van der Waals surface area contributed by atoms with Gasteiger partial charge in [-0.3, -0.25) is 9.71 Å². The third-order valence-electron chi connectivity index (χ3n) is 7.16. The van der Waals surface area contributed by atoms with Gasteiger partial charge in [0, 0.05) is 28.8 Å². The lowest BCUT2D eigenvalue weighted by Crippen LogP contribution is -2.17. The van der Waals surface area contributed by atoms with Gasteiger partial charge in [-0.2, -0.15) is 0 Å². The minimum Gasteiger partial charge on any atom is -0.507 e. The molecule has 1 saturated carbocycles. The van der Waals surface area contributed by atoms with Crippen molar-refractivity contribution in [2.75, 3.05) is 11.8 Å². The molecule has 0 radical (unpaired) electrons. The highest BCUT2D eigenvalue weighted by Crippen LogP contribution is 2.48. The van der Waals surface area contributed by atoms with E-state index in [4.69, 9.17) is 9.15 Å². The topological polar surface area (TPSA) is 119 Å². The summed E-state index contributed by atoms with van der Waals surface area (Å²) < 4.78 is 39.4. The quantitative estimate of drug-likeness (QED) is 0.245. The maximum Gasteiger partial charge on any atom is 0.346 e. The Balaban J connectivity index is 1.29. The van der Waals surface area contributed by atoms with Crippen LogP contribution >= 0.6 is 0 Å². The Labute approximate surface area is 231 Å². The van der Waals surface area contributed by atoms with Crippen molar-refractivity contribution >= 4 is 26.6 Å². The van der Waals surface area contributed by atoms with Crippen molar-refractivity contribution in [1.29, 1.82) is 0 Å². The SMILES string of the molecule is COc1cc(O)c(C(c2cccc(NS(=O)(=O)c3ccc(-c4cccc5cccnc45)cc3)c2)C2CC2)c(=O)o1. The van der Waals surface area contributed by atoms with Crippen LogP contribution in [-0.4, -0.2) is 25.6 Å². The average molecular weight is 555 g/mol. The monoisotopic (exact) mass is 554 g/mol. The van der Waals surface area contributed by atoms with Crippen molar-refractivity contribution in [3.05, 3.63) is 113 Å². The van der Waals surface area contributed by atoms with E-state index in [2.05, 4.69) is 9.71 Å². The van der Waals surface area contributed by atoms with Crippen LogP contribution in [0.15, 0.2) is 105 Å². The number of rotatable bonds is 8. The zero-order valence-electron chi connectivity index (χ0n) is 21.6. The van der Waals surface area contributed by atoms with E-state index in [1.165, 1.54) is 13.2 Å². The van der Waals surface area contributed by atoms with E-state index in [9.17, 15) is 18.3 Å². The molecule has 2 N–H and O–H groups in total. The van der Waals surface area contributed by atoms with E-state index >= 15 is 0 Å². The van der Waals surface area contributed by atoms with Gasteiger partial charge >= 0.3 is 5.63 Å². The number of fused-ring (bicyclic) bond motifs is 1. The molecule has 3 aromatic carbocycles. The molecule has 2 aromatic heterocycles. The number of hydrogen-bond donors (Lipinski definition) is 2. The molecule has 0 amide bonds. The highest BCUT2D eigenvalue weighted by Gasteiger charge is 2.37. The summed E-state index contributed by atoms with van der Waals surface area (Å²) in [6.07, 6.45) is 3.49. The first-order chi connectivity index (χ1) is 19.3. The van der Waals surface area contributed by atoms with Gasteiger partial charge in [-0.1, -0.05) is 48.5 Å². The first kappa shape index (κ1) is 25.6. The second-order valence-electron chi connectivity index (χ2n) is 9.81. The summed E-state index contributed by atoms with van der Waals surface area (Å²) in [5, 5.41) is 11.6. The summed E-state index contributed by atoms with van der Waals surface area (Å²) in [6, 6.07) is 24.6. The van der Waals surface area contributed by atoms with Gasteiger partial charge in [0.05, 0.1) is 29.2 Å². The molecular formula is C31H26N2O6S. The number of nitrogens with zero attached hydrogens (tertiary/aromatic N) is 1. The zero-order valence-corrected chi connectivity index (χ0v) is 22.4. The third kappa shape index (κ3) is 4.91. The summed E-state index contributed by atoms with van der Waals surface area (Å²) in [6.45, 7) is 0. The molecule has 0 saturated heterocycles. The van der Waals surface area contributed by atoms with Crippen molar-refractivity contribution in [3.63, 3.8) is 0 Å². The summed E-state index contributed by atoms with van der Waals surface area (Å²) in [5.41, 5.74) is 3.13. The predicted molar refractivity (Wildman–Crippen MR) is 152 cm³/mol. The van der Waals surface area contributed by atoms with Crippen molar-refractivity contribution in [2.24, 2.45) is 5.92 Å². The molecule has 0 spiro atoms. The van der Waals surface area contributed by atoms with Gasteiger partial charge < -0.3 is 14.3 Å². The Bertz CT molecular complexity index is 1870. The molecule has 1 aliphatic carbocycles. The van der Waals surface area contributed by atoms with Gasteiger partial charge in [-0.15, -0.1) is 0 Å². The largest absolute Gasteiger partial charge is 0.507 e. The minimum absolute atomic E-state index is 0.0787. The number of aromatic nitrogens is 1. The predicted octanol–water partition coefficient (Wildman–Crippen LogP) is 5.91. The third-order valence-corrected chi connectivity index (χ3v) is 8.55. The second-order valence-corrected chi connectivity index (χ2v) is 11.5. The molecule has 202 valence electrons. The fourth-order valence-electron chi connectivity index (χ4n) is 5.12. The van der Waals surface area contributed by atoms with Gasteiger partial charge in [-0.05, 0) is 60.2 Å². The Morgan fingerprint density at radius 3 is 2.48 bits per heavy atom. The molecule has 0 bridgehead atoms. The number of methoxy groups -OCH3 is 1. The number of nitrogens with one attached hydrogen (secondary N) is 1. The molecule has 6 rings (SSSR count). The summed E-state index contributed by atoms with van der Waals surface area (Å²) >= 11 is 0. The Morgan fingerprint density at radius 1 is 1.00 bits per heavy atom. The Kier molecular flexibility index (Phi) is 6.51. The summed E-state index contributed by atoms with van der Waals surface area (Å²) in [4.78, 5) is 17.3. The summed E-state index contributed by atoms with van der Waals surface area (Å²) in [7, 11) is -2.56. The van der Waals surface area contributed by atoms with Crippen LogP contribution in [0.4, 0.5) is 5.69 Å². The minimum atomic E-state index is -3.90. The highest BCUT2D eigenvalue weighted by molar-refractivity contribution is 7.92. The first-order valence-corrected chi connectivity index (χ1v) is 14.3. The van der Waals surface area contributed by atoms with E-state index in [0.717, 1.165) is 34.9 Å². The molecule has 5 aromatic rings. The van der Waals surface area contributed by atoms with E-state index < -0.39 is 21.6 Å². The number of sulfonamides is 1. The van der Waals surface area contributed by atoms with Gasteiger partial charge in [0.15, 0.2) is 0 Å². The molecule has 40 heavy (non-hydrogen) atoms. The van der Waals surface area contributed by atoms with Crippen molar-refractivity contribution in [2.45, 2.75) is 23.7 Å². The number of hydrogen-bond acceptors (Lipinski definition) is 7. The normalized spacial score (nSPS) is 14.1. The molecule has 1 aliphatic rings. The van der Waals surface area contributed by atoms with Crippen LogP contribution in [0, 0.1) is 5.92 Å². The molecule has 1 fully saturated rings. The number of ether oxygens (including phenoxy) is 1. The lowest BCUT2D eigenvalue weighted by molar-refractivity contribution is 0.277. The Hall–Kier alpha value is -4.63. The number of para-hydroxylation sites is 1. The van der Waals surface area contributed by atoms with Crippen LogP contribution in [0.2, 0.25) is 0 Å². The number of aromatic hydroxyl groups is 1. The fraction of sp³-hybridized carbons (Fsp3) is 0.161. The lowest BCUT2D eigenvalue weighted by atomic mass is 9.87. The number of pyridine rings is 1. The molecular weight excluding hydrogens is 528 g/mol. The second kappa shape index (κ2) is 10.2. The molecule has 1 atom stereocenters. The number of benzene rings is 3. The lowest BCUT2D eigenvalue weighted by Gasteiger charge is -2.19. The molecule has 9 heteroatoms. The maximum atomic E-state index is 13.3. The number of anilines is 1. The highest BCUT2D eigenvalue weighted by atomic mass is 32.2. The molecule has 1 unspecified atom stereocenters. The molecule has 8 nitrogen and oxygen atoms in total. The van der Waals surface area contributed by atoms with Crippen LogP contribution in [0.5, 0.6) is 11.7 Å². The van der Waals surface area contributed by atoms with E-state index in [1.807, 2.05) is 36.4 Å². The van der Waals surface area contributed by atoms with E-state index in [1.54, 1.807) is 48.7 Å². The fourth-order valence-corrected chi connectivity index (χ4v) is 6.17. The van der Waals surface area contributed by atoms with Gasteiger partial charge in [0.2, 0.25) is 0 Å². The molecule has 2 heterocycles. The van der Waals surface area contributed by atoms with Crippen LogP contribution < -0.4 is 15.1 Å². The van der Waals surface area contributed by atoms with E-state index in [0.29, 0.717) is 11.3 Å². The van der Waals surface area contributed by atoms with Crippen molar-refractivity contribution < 1.29 is 22.7 Å². The maximum absolute atomic E-state index is 13.3. The van der Waals surface area contributed by atoms with Crippen LogP contribution in [-0.2, 0) is 10.0 Å². The van der Waals surface area contributed by atoms with Crippen LogP contribution in [0.25, 0.3) is 22.0 Å². The van der Waals surface area contributed by atoms with Crippen LogP contribution in [0.1, 0.15) is 29.9 Å². The smallest absolute Gasteiger partial charge is 0.346 e. The van der Waals surface area contributed by atoms with Crippen molar-refractivity contribution in [3.8, 4) is 22.8 Å². The average Bonchev–Trinajstić information content (AvgIpc) is 3.80. The van der Waals surface area contributed by atoms with Crippen LogP contribution in [0.3, 0.4) is 0 Å². The Morgan fingerprint density at radius 2 is 1.75 bits per heavy atom. The molecule has 0 aliphatic heterocycles.